The summed E-state index contributed by atoms with van der Waals surface area (Å²) < 4.78 is 45.0. The van der Waals surface area contributed by atoms with E-state index >= 15 is 0 Å². The number of hydrogen-bond donors (Lipinski definition) is 4. The number of carbonyl (C=O) groups excluding carboxylic acids is 4. The molecule has 0 bridgehead atoms. The van der Waals surface area contributed by atoms with E-state index in [4.69, 9.17) is 0 Å². The molecule has 1 aliphatic rings. The van der Waals surface area contributed by atoms with Crippen molar-refractivity contribution in [1.29, 1.82) is 0 Å². The van der Waals surface area contributed by atoms with Crippen LogP contribution in [0.2, 0.25) is 0 Å². The van der Waals surface area contributed by atoms with E-state index in [9.17, 15) is 37.5 Å². The molecule has 0 saturated carbocycles. The largest absolute Gasteiger partial charge is 0.416 e. The Bertz CT molecular complexity index is 3080. The van der Waals surface area contributed by atoms with Crippen molar-refractivity contribution in [2.75, 3.05) is 13.1 Å². The van der Waals surface area contributed by atoms with Crippen LogP contribution < -0.4 is 16.0 Å². The highest BCUT2D eigenvalue weighted by Gasteiger charge is 2.44. The maximum absolute atomic E-state index is 14.0. The van der Waals surface area contributed by atoms with Crippen LogP contribution in [0.5, 0.6) is 0 Å². The number of benzene rings is 3. The lowest BCUT2D eigenvalue weighted by atomic mass is 9.85. The minimum Gasteiger partial charge on any atom is -0.391 e. The molecule has 1 aliphatic heterocycles. The van der Waals surface area contributed by atoms with Gasteiger partial charge in [-0.2, -0.15) is 18.3 Å². The first kappa shape index (κ1) is 53.4. The second kappa shape index (κ2) is 23.1. The number of likely N-dealkylation sites (tertiary alicyclic amines) is 1. The molecule has 20 heteroatoms. The average Bonchev–Trinajstić information content (AvgIpc) is 4.22. The van der Waals surface area contributed by atoms with Gasteiger partial charge in [0.2, 0.25) is 17.7 Å². The Morgan fingerprint density at radius 3 is 2.34 bits per heavy atom. The molecule has 4 amide bonds. The van der Waals surface area contributed by atoms with Crippen LogP contribution in [0.25, 0.3) is 38.1 Å². The highest BCUT2D eigenvalue weighted by atomic mass is 32.1. The predicted molar refractivity (Wildman–Crippen MR) is 277 cm³/mol. The van der Waals surface area contributed by atoms with Crippen molar-refractivity contribution in [3.05, 3.63) is 113 Å². The number of β-amino-alcohol motifs (C(OH)–C–C–N with tert-alkyl or cyclic N) is 1. The van der Waals surface area contributed by atoms with Crippen molar-refractivity contribution in [3.8, 4) is 16.1 Å². The highest BCUT2D eigenvalue weighted by molar-refractivity contribution is 7.13. The maximum Gasteiger partial charge on any atom is 0.416 e. The standard InChI is InChI=1S/C54H64F3N11O5S/c1-34-47(74-33-60-34)36-17-15-35(16-18-36)29-59-51(72)45-28-41(69)31-67(45)52(73)48(53(2,3)4)61-46(70)14-10-8-9-13-39-30-66(64-62-39)26-12-7-6-11-25-58-50(71)37-19-24-44-42(27-37)43-32-65(5)63-49(43)68(44)40-22-20-38(21-23-40)54(55,56)57/h15-24,27,30,32-33,41,45,48,69H,6-14,25-26,28-29,31H2,1-5H3,(H,58,71)(H,59,72)(H,61,70)/t41-,45+,48?/m1/s1. The molecule has 392 valence electrons. The number of rotatable bonds is 21. The number of carbonyl (C=O) groups is 4. The molecule has 74 heavy (non-hydrogen) atoms. The van der Waals surface area contributed by atoms with E-state index in [1.54, 1.807) is 45.8 Å². The smallest absolute Gasteiger partial charge is 0.391 e. The zero-order valence-corrected chi connectivity index (χ0v) is 43.2. The molecule has 8 rings (SSSR count). The normalized spacial score (nSPS) is 15.5. The van der Waals surface area contributed by atoms with Gasteiger partial charge in [0.05, 0.1) is 39.0 Å². The minimum absolute atomic E-state index is 0.00678. The van der Waals surface area contributed by atoms with Gasteiger partial charge in [0.15, 0.2) is 5.65 Å². The fourth-order valence-corrected chi connectivity index (χ4v) is 10.3. The Hall–Kier alpha value is -6.93. The van der Waals surface area contributed by atoms with E-state index < -0.39 is 41.2 Å². The number of alkyl halides is 3. The molecule has 4 N–H and O–H groups in total. The number of aliphatic hydroxyl groups is 1. The Balaban J connectivity index is 0.714. The van der Waals surface area contributed by atoms with Crippen LogP contribution in [0.3, 0.4) is 0 Å². The summed E-state index contributed by atoms with van der Waals surface area (Å²) in [5, 5.41) is 34.2. The number of aromatic nitrogens is 7. The second-order valence-electron chi connectivity index (χ2n) is 20.3. The van der Waals surface area contributed by atoms with Gasteiger partial charge in [-0.05, 0) is 98.0 Å². The van der Waals surface area contributed by atoms with E-state index in [0.29, 0.717) is 42.8 Å². The fourth-order valence-electron chi connectivity index (χ4n) is 9.50. The molecule has 0 spiro atoms. The molecule has 4 aromatic heterocycles. The molecule has 1 unspecified atom stereocenters. The molecule has 0 radical (unpaired) electrons. The molecule has 1 saturated heterocycles. The van der Waals surface area contributed by atoms with Crippen LogP contribution in [0.1, 0.15) is 111 Å². The van der Waals surface area contributed by atoms with E-state index in [1.165, 1.54) is 17.0 Å². The Kier molecular flexibility index (Phi) is 16.7. The lowest BCUT2D eigenvalue weighted by molar-refractivity contribution is -0.144. The summed E-state index contributed by atoms with van der Waals surface area (Å²) in [6.45, 7) is 9.07. The van der Waals surface area contributed by atoms with Crippen LogP contribution >= 0.6 is 11.3 Å². The fraction of sp³-hybridized carbons (Fsp3) is 0.444. The van der Waals surface area contributed by atoms with E-state index in [2.05, 4.69) is 36.3 Å². The molecular weight excluding hydrogens is 972 g/mol. The third-order valence-electron chi connectivity index (χ3n) is 13.5. The third kappa shape index (κ3) is 12.9. The van der Waals surface area contributed by atoms with Gasteiger partial charge in [0.1, 0.15) is 12.1 Å². The average molecular weight is 1040 g/mol. The number of fused-ring (bicyclic) bond motifs is 3. The lowest BCUT2D eigenvalue weighted by Crippen LogP contribution is -2.57. The van der Waals surface area contributed by atoms with Gasteiger partial charge in [-0.3, -0.25) is 33.1 Å². The number of halogens is 3. The van der Waals surface area contributed by atoms with Gasteiger partial charge in [-0.25, -0.2) is 4.98 Å². The van der Waals surface area contributed by atoms with Crippen LogP contribution in [-0.4, -0.2) is 99.2 Å². The molecule has 16 nitrogen and oxygen atoms in total. The number of amides is 4. The SMILES string of the molecule is Cc1ncsc1-c1ccc(CNC(=O)[C@@H]2C[C@@H](O)CN2C(=O)C(NC(=O)CCCCCc2cn(CCCCCCNC(=O)c3ccc4c(c3)c3cn(C)nc3n4-c3ccc(C(F)(F)F)cc3)nn2)C(C)(C)C)cc1. The predicted octanol–water partition coefficient (Wildman–Crippen LogP) is 8.46. The monoisotopic (exact) mass is 1040 g/mol. The maximum atomic E-state index is 14.0. The highest BCUT2D eigenvalue weighted by Crippen LogP contribution is 2.35. The summed E-state index contributed by atoms with van der Waals surface area (Å²) in [7, 11) is 1.77. The van der Waals surface area contributed by atoms with Crippen LogP contribution in [0, 0.1) is 12.3 Å². The molecule has 3 aromatic carbocycles. The molecule has 7 aromatic rings. The summed E-state index contributed by atoms with van der Waals surface area (Å²) in [5.41, 5.74) is 6.55. The van der Waals surface area contributed by atoms with Crippen LogP contribution in [0.15, 0.2) is 84.6 Å². The Morgan fingerprint density at radius 2 is 1.62 bits per heavy atom. The summed E-state index contributed by atoms with van der Waals surface area (Å²) >= 11 is 1.57. The molecule has 5 heterocycles. The van der Waals surface area contributed by atoms with Gasteiger partial charge in [-0.15, -0.1) is 16.4 Å². The number of hydrogen-bond acceptors (Lipinski definition) is 10. The number of nitrogens with zero attached hydrogens (tertiary/aromatic N) is 8. The lowest BCUT2D eigenvalue weighted by Gasteiger charge is -2.35. The van der Waals surface area contributed by atoms with Crippen molar-refractivity contribution < 1.29 is 37.5 Å². The first-order valence-corrected chi connectivity index (χ1v) is 26.1. The first-order valence-electron chi connectivity index (χ1n) is 25.2. The summed E-state index contributed by atoms with van der Waals surface area (Å²) in [6, 6.07) is 16.4. The van der Waals surface area contributed by atoms with Crippen molar-refractivity contribution >= 4 is 56.9 Å². The van der Waals surface area contributed by atoms with Gasteiger partial charge in [-0.1, -0.05) is 69.5 Å². The molecule has 1 fully saturated rings. The van der Waals surface area contributed by atoms with Gasteiger partial charge in [0, 0.05) is 80.5 Å². The number of thiazole rings is 1. The Labute approximate surface area is 431 Å². The van der Waals surface area contributed by atoms with Crippen LogP contribution in [0.4, 0.5) is 13.2 Å². The number of nitrogens with one attached hydrogen (secondary N) is 3. The minimum atomic E-state index is -4.44. The van der Waals surface area contributed by atoms with Crippen molar-refractivity contribution in [3.63, 3.8) is 0 Å². The zero-order valence-electron chi connectivity index (χ0n) is 42.4. The van der Waals surface area contributed by atoms with Gasteiger partial charge in [0.25, 0.3) is 5.91 Å². The molecule has 0 aliphatic carbocycles. The van der Waals surface area contributed by atoms with Gasteiger partial charge >= 0.3 is 6.18 Å². The van der Waals surface area contributed by atoms with Gasteiger partial charge < -0.3 is 26.0 Å². The summed E-state index contributed by atoms with van der Waals surface area (Å²) in [4.78, 5) is 60.8. The molecular formula is C54H64F3N11O5S. The second-order valence-corrected chi connectivity index (χ2v) is 21.2. The van der Waals surface area contributed by atoms with Crippen molar-refractivity contribution in [2.24, 2.45) is 12.5 Å². The Morgan fingerprint density at radius 1 is 0.878 bits per heavy atom. The first-order chi connectivity index (χ1) is 35.3. The zero-order chi connectivity index (χ0) is 52.7. The van der Waals surface area contributed by atoms with Crippen LogP contribution in [-0.2, 0) is 47.1 Å². The quantitative estimate of drug-likeness (QED) is 0.0511. The van der Waals surface area contributed by atoms with E-state index in [0.717, 1.165) is 94.3 Å². The number of aryl methyl sites for hydroxylation is 4. The number of aliphatic hydroxyl groups excluding tert-OH is 1. The summed E-state index contributed by atoms with van der Waals surface area (Å²) in [6.07, 6.45) is 5.32. The summed E-state index contributed by atoms with van der Waals surface area (Å²) in [5.74, 6) is -1.20. The molecule has 3 atom stereocenters. The van der Waals surface area contributed by atoms with E-state index in [1.807, 2.05) is 74.5 Å². The van der Waals surface area contributed by atoms with Crippen molar-refractivity contribution in [2.45, 2.75) is 129 Å². The number of unbranched alkanes of at least 4 members (excludes halogenated alkanes) is 5. The van der Waals surface area contributed by atoms with E-state index in [-0.39, 0.29) is 43.7 Å². The topological polar surface area (TPSA) is 194 Å². The third-order valence-corrected chi connectivity index (χ3v) is 14.5. The van der Waals surface area contributed by atoms with Crippen molar-refractivity contribution in [1.82, 2.24) is 55.2 Å².